The molecule has 18 nitrogen and oxygen atoms in total. The molecule has 3 aliphatic rings. The van der Waals surface area contributed by atoms with E-state index in [2.05, 4.69) is 30.1 Å². The molecule has 6 aromatic rings. The van der Waals surface area contributed by atoms with Crippen molar-refractivity contribution in [2.75, 3.05) is 37.1 Å². The summed E-state index contributed by atoms with van der Waals surface area (Å²) >= 11 is 34.8. The van der Waals surface area contributed by atoms with Crippen LogP contribution in [0.4, 0.5) is 30.2 Å². The predicted octanol–water partition coefficient (Wildman–Crippen LogP) is 10.7. The molecule has 3 saturated heterocycles. The Morgan fingerprint density at radius 3 is 0.841 bits per heavy atom. The van der Waals surface area contributed by atoms with Crippen LogP contribution in [0.1, 0.15) is 61.5 Å². The van der Waals surface area contributed by atoms with Gasteiger partial charge in [-0.15, -0.1) is 0 Å². The van der Waals surface area contributed by atoms with Crippen LogP contribution in [-0.4, -0.2) is 95.2 Å². The average molecular weight is 1310 g/mol. The summed E-state index contributed by atoms with van der Waals surface area (Å²) in [7, 11) is -7.64. The van der Waals surface area contributed by atoms with Crippen molar-refractivity contribution in [1.82, 2.24) is 27.1 Å². The highest BCUT2D eigenvalue weighted by Crippen LogP contribution is 2.33. The molecular formula is C52H52Cl6F3N9O9S3. The number of nitrogens with one attached hydrogen (secondary N) is 6. The lowest BCUT2D eigenvalue weighted by Crippen LogP contribution is -2.55. The fraction of sp³-hybridized carbons (Fsp3) is 0.250. The van der Waals surface area contributed by atoms with Gasteiger partial charge in [-0.05, 0) is 127 Å². The fourth-order valence-corrected chi connectivity index (χ4v) is 13.2. The number of benzene rings is 6. The first-order valence-electron chi connectivity index (χ1n) is 23.8. The summed E-state index contributed by atoms with van der Waals surface area (Å²) in [5.74, 6) is -3.45. The molecule has 0 aromatic heterocycles. The maximum Gasteiger partial charge on any atom is 0.280 e. The van der Waals surface area contributed by atoms with E-state index in [1.165, 1.54) is 57.5 Å². The van der Waals surface area contributed by atoms with Gasteiger partial charge in [-0.3, -0.25) is 14.4 Å². The van der Waals surface area contributed by atoms with Gasteiger partial charge in [0.1, 0.15) is 35.6 Å². The number of amides is 3. The van der Waals surface area contributed by atoms with Gasteiger partial charge in [0.2, 0.25) is 17.7 Å². The lowest BCUT2D eigenvalue weighted by Gasteiger charge is -2.36. The smallest absolute Gasteiger partial charge is 0.280 e. The third-order valence-corrected chi connectivity index (χ3v) is 19.4. The van der Waals surface area contributed by atoms with Gasteiger partial charge in [0, 0.05) is 71.4 Å². The predicted molar refractivity (Wildman–Crippen MR) is 314 cm³/mol. The quantitative estimate of drug-likeness (QED) is 0.0806. The van der Waals surface area contributed by atoms with E-state index in [1.807, 2.05) is 0 Å². The number of nitrogens with zero attached hydrogens (tertiary/aromatic N) is 3. The lowest BCUT2D eigenvalue weighted by molar-refractivity contribution is -0.120. The van der Waals surface area contributed by atoms with Gasteiger partial charge in [0.05, 0.1) is 15.1 Å². The first-order chi connectivity index (χ1) is 38.0. The second-order valence-corrected chi connectivity index (χ2v) is 26.2. The summed E-state index contributed by atoms with van der Waals surface area (Å²) in [6.07, 6.45) is 0.619. The van der Waals surface area contributed by atoms with Crippen LogP contribution in [0.15, 0.2) is 127 Å². The lowest BCUT2D eigenvalue weighted by atomic mass is 9.99. The highest BCUT2D eigenvalue weighted by molar-refractivity contribution is 7.87. The van der Waals surface area contributed by atoms with Crippen LogP contribution < -0.4 is 30.1 Å². The van der Waals surface area contributed by atoms with Crippen molar-refractivity contribution in [3.8, 4) is 0 Å². The highest BCUT2D eigenvalue weighted by Gasteiger charge is 2.43. The third kappa shape index (κ3) is 16.6. The molecule has 2 unspecified atom stereocenters. The third-order valence-electron chi connectivity index (χ3n) is 13.0. The van der Waals surface area contributed by atoms with Crippen LogP contribution in [0.3, 0.4) is 0 Å². The Labute approximate surface area is 503 Å². The molecular weight excluding hydrogens is 1260 g/mol. The standard InChI is InChI=1S/3C17H16Cl2FN3O3S.CH4/c3*1-23-16(17(24)21-12-6-7-14(20)13(19)8-12)9-15(22-27(23,25)26)10-2-4-11(18)5-3-10;/h3*2-8,15-16,22H,9H2,1H3,(H,21,24);1H4/t2*15-,16+;;/m10../s1. The first-order valence-corrected chi connectivity index (χ1v) is 30.4. The number of hydrogen-bond donors (Lipinski definition) is 6. The largest absolute Gasteiger partial charge is 0.325 e. The van der Waals surface area contributed by atoms with Crippen molar-refractivity contribution in [2.24, 2.45) is 0 Å². The van der Waals surface area contributed by atoms with Crippen LogP contribution in [0.2, 0.25) is 30.1 Å². The summed E-state index contributed by atoms with van der Waals surface area (Å²) < 4.78 is 125. The van der Waals surface area contributed by atoms with Crippen molar-refractivity contribution in [2.45, 2.75) is 62.9 Å². The zero-order chi connectivity index (χ0) is 59.3. The Morgan fingerprint density at radius 2 is 0.634 bits per heavy atom. The average Bonchev–Trinajstić information content (AvgIpc) is 3.40. The number of rotatable bonds is 9. The van der Waals surface area contributed by atoms with Crippen molar-refractivity contribution in [3.63, 3.8) is 0 Å². The van der Waals surface area contributed by atoms with Gasteiger partial charge >= 0.3 is 0 Å². The van der Waals surface area contributed by atoms with E-state index in [9.17, 15) is 52.8 Å². The summed E-state index contributed by atoms with van der Waals surface area (Å²) in [5, 5.41) is 8.91. The number of anilines is 3. The topological polar surface area (TPSA) is 236 Å². The maximum absolute atomic E-state index is 13.3. The Bertz CT molecular complexity index is 3290. The molecule has 3 heterocycles. The SMILES string of the molecule is C.CN1C(C(=O)Nc2ccc(F)c(Cl)c2)CC(c2ccc(Cl)cc2)NS1(=O)=O.CN1[C@@H](C(=O)Nc2ccc(F)c(Cl)c2)C[C@@H](c2ccc(Cl)cc2)NS1(=O)=O.CN1[C@H](C(=O)Nc2ccc(F)c(Cl)c2)C[C@H](c2ccc(Cl)cc2)NS1(=O)=O. The van der Waals surface area contributed by atoms with E-state index in [0.717, 1.165) is 31.1 Å². The van der Waals surface area contributed by atoms with E-state index < -0.39 is 102 Å². The van der Waals surface area contributed by atoms with Gasteiger partial charge in [-0.2, -0.15) is 52.3 Å². The molecule has 0 bridgehead atoms. The van der Waals surface area contributed by atoms with Crippen LogP contribution in [0.5, 0.6) is 0 Å². The molecule has 6 aromatic carbocycles. The molecule has 0 saturated carbocycles. The number of carbonyl (C=O) groups is 3. The molecule has 3 amide bonds. The second-order valence-electron chi connectivity index (χ2n) is 18.3. The maximum atomic E-state index is 13.3. The van der Waals surface area contributed by atoms with E-state index in [0.29, 0.717) is 31.8 Å². The Kier molecular flexibility index (Phi) is 22.3. The normalized spacial score (nSPS) is 22.1. The van der Waals surface area contributed by atoms with Gasteiger partial charge in [0.15, 0.2) is 0 Å². The van der Waals surface area contributed by atoms with Crippen LogP contribution in [0.25, 0.3) is 0 Å². The molecule has 0 aliphatic carbocycles. The van der Waals surface area contributed by atoms with E-state index in [4.69, 9.17) is 69.6 Å². The summed E-state index contributed by atoms with van der Waals surface area (Å²) in [6.45, 7) is 0. The molecule has 82 heavy (non-hydrogen) atoms. The van der Waals surface area contributed by atoms with E-state index in [-0.39, 0.29) is 58.8 Å². The second kappa shape index (κ2) is 27.7. The minimum atomic E-state index is -3.87. The number of likely N-dealkylation sites (N-methyl/N-ethyl adjacent to an activating group) is 3. The van der Waals surface area contributed by atoms with Gasteiger partial charge in [0.25, 0.3) is 30.6 Å². The Balaban J connectivity index is 0.000000197. The van der Waals surface area contributed by atoms with Crippen molar-refractivity contribution in [1.29, 1.82) is 0 Å². The molecule has 3 fully saturated rings. The van der Waals surface area contributed by atoms with Gasteiger partial charge in [-0.1, -0.05) is 113 Å². The fourth-order valence-electron chi connectivity index (χ4n) is 8.46. The molecule has 3 aliphatic heterocycles. The highest BCUT2D eigenvalue weighted by atomic mass is 35.5. The van der Waals surface area contributed by atoms with E-state index in [1.54, 1.807) is 72.8 Å². The van der Waals surface area contributed by atoms with Crippen molar-refractivity contribution in [3.05, 3.63) is 192 Å². The zero-order valence-electron chi connectivity index (χ0n) is 42.4. The van der Waals surface area contributed by atoms with Gasteiger partial charge < -0.3 is 16.0 Å². The summed E-state index contributed by atoms with van der Waals surface area (Å²) in [6, 6.07) is 26.7. The van der Waals surface area contributed by atoms with Crippen LogP contribution in [-0.2, 0) is 45.0 Å². The first kappa shape index (κ1) is 66.0. The van der Waals surface area contributed by atoms with Crippen LogP contribution >= 0.6 is 69.6 Å². The molecule has 30 heteroatoms. The number of halogens is 9. The number of carbonyl (C=O) groups excluding carboxylic acids is 3. The minimum absolute atomic E-state index is 0. The Hall–Kier alpha value is -5.13. The molecule has 0 radical (unpaired) electrons. The van der Waals surface area contributed by atoms with Crippen LogP contribution in [0, 0.1) is 17.5 Å². The molecule has 6 N–H and O–H groups in total. The molecule has 440 valence electrons. The zero-order valence-corrected chi connectivity index (χ0v) is 49.3. The van der Waals surface area contributed by atoms with Crippen molar-refractivity contribution < 1.29 is 52.8 Å². The monoisotopic (exact) mass is 1310 g/mol. The van der Waals surface area contributed by atoms with E-state index >= 15 is 0 Å². The summed E-state index contributed by atoms with van der Waals surface area (Å²) in [5.41, 5.74) is 2.91. The number of hydrogen-bond acceptors (Lipinski definition) is 9. The molecule has 6 atom stereocenters. The molecule has 9 rings (SSSR count). The van der Waals surface area contributed by atoms with Crippen molar-refractivity contribution >= 4 is 135 Å². The summed E-state index contributed by atoms with van der Waals surface area (Å²) in [4.78, 5) is 38.1. The molecule has 0 spiro atoms. The Morgan fingerprint density at radius 1 is 0.415 bits per heavy atom. The van der Waals surface area contributed by atoms with Gasteiger partial charge in [-0.25, -0.2) is 13.2 Å². The minimum Gasteiger partial charge on any atom is -0.325 e.